The molecule has 3 aromatic carbocycles. The highest BCUT2D eigenvalue weighted by Gasteiger charge is 2.30. The molecule has 0 bridgehead atoms. The Hall–Kier alpha value is -3.40. The summed E-state index contributed by atoms with van der Waals surface area (Å²) in [7, 11) is 0. The number of carbonyl (C=O) groups excluding carboxylic acids is 2. The van der Waals surface area contributed by atoms with Crippen molar-refractivity contribution in [2.75, 3.05) is 6.54 Å². The van der Waals surface area contributed by atoms with E-state index in [1.165, 1.54) is 0 Å². The van der Waals surface area contributed by atoms with E-state index < -0.39 is 6.04 Å². The van der Waals surface area contributed by atoms with Gasteiger partial charge in [-0.2, -0.15) is 0 Å². The molecule has 3 rings (SSSR count). The van der Waals surface area contributed by atoms with E-state index in [4.69, 9.17) is 0 Å². The van der Waals surface area contributed by atoms with Gasteiger partial charge in [-0.05, 0) is 42.0 Å². The van der Waals surface area contributed by atoms with E-state index in [0.29, 0.717) is 25.4 Å². The van der Waals surface area contributed by atoms with E-state index in [-0.39, 0.29) is 18.2 Å². The van der Waals surface area contributed by atoms with Crippen LogP contribution in [0.25, 0.3) is 0 Å². The van der Waals surface area contributed by atoms with Crippen molar-refractivity contribution in [3.8, 4) is 0 Å². The average molecular weight is 457 g/mol. The molecule has 0 radical (unpaired) electrons. The van der Waals surface area contributed by atoms with Crippen LogP contribution in [0, 0.1) is 19.8 Å². The van der Waals surface area contributed by atoms with Crippen molar-refractivity contribution in [2.45, 2.75) is 53.1 Å². The first-order chi connectivity index (χ1) is 16.3. The van der Waals surface area contributed by atoms with Gasteiger partial charge in [0.25, 0.3) is 0 Å². The lowest BCUT2D eigenvalue weighted by molar-refractivity contribution is -0.140. The third-order valence-corrected chi connectivity index (χ3v) is 6.00. The second-order valence-corrected chi connectivity index (χ2v) is 9.46. The Kier molecular flexibility index (Phi) is 9.03. The summed E-state index contributed by atoms with van der Waals surface area (Å²) in [5.74, 6) is 0.176. The summed E-state index contributed by atoms with van der Waals surface area (Å²) in [6, 6.07) is 25.4. The van der Waals surface area contributed by atoms with Crippen LogP contribution >= 0.6 is 0 Å². The number of hydrogen-bond acceptors (Lipinski definition) is 2. The van der Waals surface area contributed by atoms with Crippen molar-refractivity contribution in [1.82, 2.24) is 10.2 Å². The SMILES string of the molecule is Cc1ccc(C)c(CC(=O)N(Cc2ccccc2)[C@@H](Cc2ccccc2)C(=O)NCC(C)C)c1. The Bertz CT molecular complexity index is 1080. The highest BCUT2D eigenvalue weighted by Crippen LogP contribution is 2.18. The minimum absolute atomic E-state index is 0.0434. The van der Waals surface area contributed by atoms with Crippen LogP contribution in [0.1, 0.15) is 41.7 Å². The molecule has 0 spiro atoms. The second-order valence-electron chi connectivity index (χ2n) is 9.46. The van der Waals surface area contributed by atoms with Crippen LogP contribution < -0.4 is 5.32 Å². The summed E-state index contributed by atoms with van der Waals surface area (Å²) in [4.78, 5) is 29.0. The molecular weight excluding hydrogens is 420 g/mol. The molecule has 1 N–H and O–H groups in total. The Morgan fingerprint density at radius 2 is 1.47 bits per heavy atom. The van der Waals surface area contributed by atoms with Crippen molar-refractivity contribution in [3.05, 3.63) is 107 Å². The maximum Gasteiger partial charge on any atom is 0.243 e. The van der Waals surface area contributed by atoms with E-state index in [1.807, 2.05) is 74.5 Å². The van der Waals surface area contributed by atoms with Crippen molar-refractivity contribution in [3.63, 3.8) is 0 Å². The molecule has 0 aliphatic carbocycles. The molecule has 0 saturated carbocycles. The summed E-state index contributed by atoms with van der Waals surface area (Å²) >= 11 is 0. The number of amides is 2. The highest BCUT2D eigenvalue weighted by molar-refractivity contribution is 5.89. The van der Waals surface area contributed by atoms with Crippen LogP contribution in [0.4, 0.5) is 0 Å². The van der Waals surface area contributed by atoms with E-state index in [1.54, 1.807) is 4.90 Å². The molecule has 178 valence electrons. The molecule has 0 aliphatic heterocycles. The van der Waals surface area contributed by atoms with Gasteiger partial charge in [0.15, 0.2) is 0 Å². The van der Waals surface area contributed by atoms with Gasteiger partial charge in [-0.25, -0.2) is 0 Å². The predicted molar refractivity (Wildman–Crippen MR) is 138 cm³/mol. The van der Waals surface area contributed by atoms with Gasteiger partial charge in [0.1, 0.15) is 6.04 Å². The fourth-order valence-corrected chi connectivity index (χ4v) is 4.01. The number of rotatable bonds is 10. The minimum atomic E-state index is -0.598. The molecule has 2 amide bonds. The van der Waals surface area contributed by atoms with Gasteiger partial charge < -0.3 is 10.2 Å². The third-order valence-electron chi connectivity index (χ3n) is 6.00. The molecule has 0 fully saturated rings. The molecule has 0 unspecified atom stereocenters. The number of hydrogen-bond donors (Lipinski definition) is 1. The molecule has 3 aromatic rings. The first-order valence-corrected chi connectivity index (χ1v) is 12.0. The highest BCUT2D eigenvalue weighted by atomic mass is 16.2. The summed E-state index contributed by atoms with van der Waals surface area (Å²) in [5.41, 5.74) is 5.25. The summed E-state index contributed by atoms with van der Waals surface area (Å²) in [6.07, 6.45) is 0.735. The topological polar surface area (TPSA) is 49.4 Å². The van der Waals surface area contributed by atoms with Gasteiger partial charge in [0.2, 0.25) is 11.8 Å². The van der Waals surface area contributed by atoms with Gasteiger partial charge in [0, 0.05) is 19.5 Å². The van der Waals surface area contributed by atoms with Crippen molar-refractivity contribution in [1.29, 1.82) is 0 Å². The molecule has 4 heteroatoms. The van der Waals surface area contributed by atoms with Crippen molar-refractivity contribution < 1.29 is 9.59 Å². The molecule has 0 heterocycles. The molecule has 4 nitrogen and oxygen atoms in total. The van der Waals surface area contributed by atoms with E-state index in [9.17, 15) is 9.59 Å². The summed E-state index contributed by atoms with van der Waals surface area (Å²) < 4.78 is 0. The van der Waals surface area contributed by atoms with Crippen LogP contribution in [0.2, 0.25) is 0 Å². The Morgan fingerprint density at radius 1 is 0.853 bits per heavy atom. The normalized spacial score (nSPS) is 11.8. The lowest BCUT2D eigenvalue weighted by Crippen LogP contribution is -2.51. The number of carbonyl (C=O) groups is 2. The monoisotopic (exact) mass is 456 g/mol. The molecular formula is C30H36N2O2. The standard InChI is InChI=1S/C30H36N2O2/c1-22(2)20-31-30(34)28(18-25-11-7-5-8-12-25)32(21-26-13-9-6-10-14-26)29(33)19-27-17-23(3)15-16-24(27)4/h5-17,22,28H,18-21H2,1-4H3,(H,31,34)/t28-/m0/s1. The average Bonchev–Trinajstić information content (AvgIpc) is 2.83. The van der Waals surface area contributed by atoms with Crippen molar-refractivity contribution in [2.24, 2.45) is 5.92 Å². The lowest BCUT2D eigenvalue weighted by atomic mass is 9.99. The largest absolute Gasteiger partial charge is 0.354 e. The van der Waals surface area contributed by atoms with Gasteiger partial charge >= 0.3 is 0 Å². The quantitative estimate of drug-likeness (QED) is 0.452. The summed E-state index contributed by atoms with van der Waals surface area (Å²) in [6.45, 7) is 9.17. The molecule has 1 atom stereocenters. The fraction of sp³-hybridized carbons (Fsp3) is 0.333. The van der Waals surface area contributed by atoms with E-state index >= 15 is 0 Å². The summed E-state index contributed by atoms with van der Waals surface area (Å²) in [5, 5.41) is 3.08. The Labute approximate surface area is 204 Å². The zero-order valence-electron chi connectivity index (χ0n) is 20.8. The van der Waals surface area contributed by atoms with Crippen LogP contribution in [-0.4, -0.2) is 29.3 Å². The maximum atomic E-state index is 13.8. The van der Waals surface area contributed by atoms with Gasteiger partial charge in [-0.15, -0.1) is 0 Å². The first-order valence-electron chi connectivity index (χ1n) is 12.0. The smallest absolute Gasteiger partial charge is 0.243 e. The Balaban J connectivity index is 1.96. The Morgan fingerprint density at radius 3 is 2.09 bits per heavy atom. The van der Waals surface area contributed by atoms with Crippen molar-refractivity contribution >= 4 is 11.8 Å². The van der Waals surface area contributed by atoms with Crippen LogP contribution in [0.5, 0.6) is 0 Å². The number of nitrogens with one attached hydrogen (secondary N) is 1. The lowest BCUT2D eigenvalue weighted by Gasteiger charge is -2.32. The number of aryl methyl sites for hydroxylation is 2. The van der Waals surface area contributed by atoms with Gasteiger partial charge in [-0.1, -0.05) is 98.3 Å². The zero-order valence-corrected chi connectivity index (χ0v) is 20.8. The second kappa shape index (κ2) is 12.2. The molecule has 34 heavy (non-hydrogen) atoms. The number of nitrogens with zero attached hydrogens (tertiary/aromatic N) is 1. The van der Waals surface area contributed by atoms with E-state index in [2.05, 4.69) is 37.4 Å². The maximum absolute atomic E-state index is 13.8. The van der Waals surface area contributed by atoms with Gasteiger partial charge in [-0.3, -0.25) is 9.59 Å². The molecule has 0 aromatic heterocycles. The third kappa shape index (κ3) is 7.31. The van der Waals surface area contributed by atoms with Crippen LogP contribution in [-0.2, 0) is 29.0 Å². The van der Waals surface area contributed by atoms with E-state index in [0.717, 1.165) is 27.8 Å². The zero-order chi connectivity index (χ0) is 24.5. The first kappa shape index (κ1) is 25.2. The number of benzene rings is 3. The van der Waals surface area contributed by atoms with Crippen LogP contribution in [0.3, 0.4) is 0 Å². The predicted octanol–water partition coefficient (Wildman–Crippen LogP) is 5.26. The fourth-order valence-electron chi connectivity index (χ4n) is 4.01. The van der Waals surface area contributed by atoms with Gasteiger partial charge in [0.05, 0.1) is 6.42 Å². The molecule has 0 saturated heterocycles. The minimum Gasteiger partial charge on any atom is -0.354 e. The molecule has 0 aliphatic rings. The van der Waals surface area contributed by atoms with Crippen LogP contribution in [0.15, 0.2) is 78.9 Å².